The van der Waals surface area contributed by atoms with Crippen LogP contribution in [0.2, 0.25) is 0 Å². The quantitative estimate of drug-likeness (QED) is 0.160. The van der Waals surface area contributed by atoms with Crippen molar-refractivity contribution < 1.29 is 4.42 Å². The monoisotopic (exact) mass is 713 g/mol. The first-order chi connectivity index (χ1) is 27.7. The van der Waals surface area contributed by atoms with Crippen LogP contribution >= 0.6 is 0 Å². The summed E-state index contributed by atoms with van der Waals surface area (Å²) >= 11 is 0. The topological polar surface area (TPSA) is 16.4 Å². The molecule has 0 saturated carbocycles. The third-order valence-corrected chi connectivity index (χ3v) is 11.2. The van der Waals surface area contributed by atoms with Gasteiger partial charge in [-0.3, -0.25) is 0 Å². The maximum atomic E-state index is 6.44. The number of para-hydroxylation sites is 2. The van der Waals surface area contributed by atoms with Crippen molar-refractivity contribution in [2.45, 2.75) is 0 Å². The molecule has 11 rings (SSSR count). The van der Waals surface area contributed by atoms with Gasteiger partial charge >= 0.3 is 0 Å². The standard InChI is InChI=1S/C54H35NO/c1-2-13-41-33-44(32-27-36(41)11-1)47-17-5-7-19-50(47)55(51-20-10-22-53-54(51)48-18-6-8-21-52(48)56-53)45-15-9-14-42(34-45)37-23-25-38(26-24-37)43-31-30-40-29-28-39-12-3-4-16-46(39)49(40)35-43/h1-35H. The number of nitrogens with zero attached hydrogens (tertiary/aromatic N) is 1. The molecule has 0 aliphatic rings. The minimum Gasteiger partial charge on any atom is -0.456 e. The Morgan fingerprint density at radius 1 is 0.304 bits per heavy atom. The van der Waals surface area contributed by atoms with Gasteiger partial charge in [0.25, 0.3) is 0 Å². The molecule has 0 fully saturated rings. The van der Waals surface area contributed by atoms with Gasteiger partial charge in [0.15, 0.2) is 0 Å². The van der Waals surface area contributed by atoms with E-state index < -0.39 is 0 Å². The molecule has 0 spiro atoms. The van der Waals surface area contributed by atoms with E-state index in [-0.39, 0.29) is 0 Å². The number of anilines is 3. The van der Waals surface area contributed by atoms with Crippen molar-refractivity contribution >= 4 is 71.3 Å². The summed E-state index contributed by atoms with van der Waals surface area (Å²) in [7, 11) is 0. The predicted molar refractivity (Wildman–Crippen MR) is 237 cm³/mol. The van der Waals surface area contributed by atoms with Crippen molar-refractivity contribution in [3.63, 3.8) is 0 Å². The van der Waals surface area contributed by atoms with Crippen molar-refractivity contribution in [3.05, 3.63) is 212 Å². The Bertz CT molecular complexity index is 3260. The van der Waals surface area contributed by atoms with Crippen LogP contribution in [0.15, 0.2) is 217 Å². The summed E-state index contributed by atoms with van der Waals surface area (Å²) < 4.78 is 6.44. The van der Waals surface area contributed by atoms with E-state index in [0.717, 1.165) is 55.7 Å². The molecular formula is C54H35NO. The smallest absolute Gasteiger partial charge is 0.137 e. The van der Waals surface area contributed by atoms with Gasteiger partial charge in [-0.25, -0.2) is 0 Å². The molecule has 2 nitrogen and oxygen atoms in total. The van der Waals surface area contributed by atoms with Gasteiger partial charge in [-0.1, -0.05) is 164 Å². The van der Waals surface area contributed by atoms with Crippen molar-refractivity contribution in [1.29, 1.82) is 0 Å². The lowest BCUT2D eigenvalue weighted by atomic mass is 9.95. The molecule has 2 heteroatoms. The predicted octanol–water partition coefficient (Wildman–Crippen LogP) is 15.5. The highest BCUT2D eigenvalue weighted by atomic mass is 16.3. The van der Waals surface area contributed by atoms with E-state index in [1.54, 1.807) is 0 Å². The van der Waals surface area contributed by atoms with E-state index in [1.807, 2.05) is 6.07 Å². The van der Waals surface area contributed by atoms with E-state index >= 15 is 0 Å². The maximum absolute atomic E-state index is 6.44. The third-order valence-electron chi connectivity index (χ3n) is 11.2. The van der Waals surface area contributed by atoms with Gasteiger partial charge in [0.05, 0.1) is 16.8 Å². The molecule has 56 heavy (non-hydrogen) atoms. The van der Waals surface area contributed by atoms with E-state index in [4.69, 9.17) is 4.42 Å². The fraction of sp³-hybridized carbons (Fsp3) is 0. The van der Waals surface area contributed by atoms with E-state index in [0.29, 0.717) is 0 Å². The lowest BCUT2D eigenvalue weighted by molar-refractivity contribution is 0.669. The van der Waals surface area contributed by atoms with Crippen LogP contribution in [-0.4, -0.2) is 0 Å². The summed E-state index contributed by atoms with van der Waals surface area (Å²) in [5.74, 6) is 0. The second-order valence-corrected chi connectivity index (χ2v) is 14.5. The molecule has 0 amide bonds. The van der Waals surface area contributed by atoms with Crippen LogP contribution in [0, 0.1) is 0 Å². The van der Waals surface area contributed by atoms with Crippen LogP contribution in [0.5, 0.6) is 0 Å². The zero-order valence-electron chi connectivity index (χ0n) is 30.6. The molecule has 0 saturated heterocycles. The number of hydrogen-bond acceptors (Lipinski definition) is 2. The molecule has 11 aromatic rings. The van der Waals surface area contributed by atoms with Crippen molar-refractivity contribution in [3.8, 4) is 33.4 Å². The Hall–Kier alpha value is -7.42. The molecule has 0 aliphatic heterocycles. The van der Waals surface area contributed by atoms with Crippen LogP contribution in [-0.2, 0) is 0 Å². The molecule has 1 aromatic heterocycles. The van der Waals surface area contributed by atoms with Crippen LogP contribution < -0.4 is 4.90 Å². The van der Waals surface area contributed by atoms with Gasteiger partial charge in [0.1, 0.15) is 11.2 Å². The molecule has 0 bridgehead atoms. The molecular weight excluding hydrogens is 679 g/mol. The Morgan fingerprint density at radius 3 is 1.73 bits per heavy atom. The molecule has 0 unspecified atom stereocenters. The number of benzene rings is 10. The molecule has 0 aliphatic carbocycles. The fourth-order valence-corrected chi connectivity index (χ4v) is 8.48. The molecule has 0 atom stereocenters. The normalized spacial score (nSPS) is 11.6. The molecule has 0 radical (unpaired) electrons. The number of hydrogen-bond donors (Lipinski definition) is 0. The maximum Gasteiger partial charge on any atom is 0.137 e. The van der Waals surface area contributed by atoms with E-state index in [2.05, 4.69) is 211 Å². The Kier molecular flexibility index (Phi) is 7.53. The van der Waals surface area contributed by atoms with E-state index in [1.165, 1.54) is 49.0 Å². The zero-order valence-corrected chi connectivity index (χ0v) is 30.6. The van der Waals surface area contributed by atoms with Crippen molar-refractivity contribution in [1.82, 2.24) is 0 Å². The summed E-state index contributed by atoms with van der Waals surface area (Å²) in [5.41, 5.74) is 12.0. The minimum atomic E-state index is 0.866. The van der Waals surface area contributed by atoms with Gasteiger partial charge in [0, 0.05) is 16.6 Å². The molecule has 262 valence electrons. The van der Waals surface area contributed by atoms with Crippen molar-refractivity contribution in [2.24, 2.45) is 0 Å². The molecule has 1 heterocycles. The van der Waals surface area contributed by atoms with Crippen molar-refractivity contribution in [2.75, 3.05) is 4.90 Å². The second-order valence-electron chi connectivity index (χ2n) is 14.5. The number of furan rings is 1. The number of rotatable bonds is 6. The van der Waals surface area contributed by atoms with Crippen LogP contribution in [0.25, 0.3) is 87.6 Å². The Morgan fingerprint density at radius 2 is 0.875 bits per heavy atom. The summed E-state index contributed by atoms with van der Waals surface area (Å²) in [4.78, 5) is 2.41. The molecule has 0 N–H and O–H groups in total. The van der Waals surface area contributed by atoms with Gasteiger partial charge in [0.2, 0.25) is 0 Å². The SMILES string of the molecule is c1cc(-c2ccc(-c3ccc4ccc5ccccc5c4c3)cc2)cc(N(c2ccccc2-c2ccc3ccccc3c2)c2cccc3oc4ccccc4c23)c1. The van der Waals surface area contributed by atoms with Crippen LogP contribution in [0.3, 0.4) is 0 Å². The lowest BCUT2D eigenvalue weighted by Gasteiger charge is -2.29. The fourth-order valence-electron chi connectivity index (χ4n) is 8.48. The average molecular weight is 714 g/mol. The first-order valence-electron chi connectivity index (χ1n) is 19.2. The summed E-state index contributed by atoms with van der Waals surface area (Å²) in [5, 5.41) is 9.72. The second kappa shape index (κ2) is 13.2. The van der Waals surface area contributed by atoms with Crippen LogP contribution in [0.1, 0.15) is 0 Å². The van der Waals surface area contributed by atoms with E-state index in [9.17, 15) is 0 Å². The van der Waals surface area contributed by atoms with Gasteiger partial charge in [-0.2, -0.15) is 0 Å². The lowest BCUT2D eigenvalue weighted by Crippen LogP contribution is -2.11. The highest BCUT2D eigenvalue weighted by Crippen LogP contribution is 2.46. The summed E-state index contributed by atoms with van der Waals surface area (Å²) in [6.07, 6.45) is 0. The highest BCUT2D eigenvalue weighted by Gasteiger charge is 2.22. The largest absolute Gasteiger partial charge is 0.456 e. The molecule has 10 aromatic carbocycles. The van der Waals surface area contributed by atoms with Crippen LogP contribution in [0.4, 0.5) is 17.1 Å². The van der Waals surface area contributed by atoms with Gasteiger partial charge < -0.3 is 9.32 Å². The Labute approximate surface area is 325 Å². The first kappa shape index (κ1) is 32.0. The van der Waals surface area contributed by atoms with Gasteiger partial charge in [-0.05, 0) is 109 Å². The highest BCUT2D eigenvalue weighted by molar-refractivity contribution is 6.14. The average Bonchev–Trinajstić information content (AvgIpc) is 3.66. The summed E-state index contributed by atoms with van der Waals surface area (Å²) in [6.45, 7) is 0. The summed E-state index contributed by atoms with van der Waals surface area (Å²) in [6, 6.07) is 76.6. The third kappa shape index (κ3) is 5.42. The first-order valence-corrected chi connectivity index (χ1v) is 19.2. The minimum absolute atomic E-state index is 0.866. The zero-order chi connectivity index (χ0) is 37.0. The number of fused-ring (bicyclic) bond motifs is 7. The van der Waals surface area contributed by atoms with Gasteiger partial charge in [-0.15, -0.1) is 0 Å². The Balaban J connectivity index is 1.05.